The first kappa shape index (κ1) is 20.0. The minimum Gasteiger partial charge on any atom is -0.453 e. The van der Waals surface area contributed by atoms with Crippen LogP contribution in [0.5, 0.6) is 0 Å². The maximum atomic E-state index is 13.2. The Morgan fingerprint density at radius 3 is 2.68 bits per heavy atom. The number of carbonyl (C=O) groups is 2. The minimum absolute atomic E-state index is 0.0485. The van der Waals surface area contributed by atoms with Gasteiger partial charge in [-0.2, -0.15) is 0 Å². The number of nitrogens with zero attached hydrogens (tertiary/aromatic N) is 2. The zero-order chi connectivity index (χ0) is 20.3. The number of imidazole rings is 1. The van der Waals surface area contributed by atoms with Gasteiger partial charge in [0.1, 0.15) is 19.7 Å². The van der Waals surface area contributed by atoms with Crippen molar-refractivity contribution in [1.82, 2.24) is 20.2 Å². The zero-order valence-electron chi connectivity index (χ0n) is 16.9. The van der Waals surface area contributed by atoms with E-state index in [0.717, 1.165) is 29.9 Å². The van der Waals surface area contributed by atoms with Crippen LogP contribution in [0.25, 0.3) is 11.3 Å². The molecule has 1 fully saturated rings. The largest absolute Gasteiger partial charge is 0.453 e. The molecule has 0 aliphatic carbocycles. The first-order valence-corrected chi connectivity index (χ1v) is 9.68. The number of alkyl carbamates (subject to hydrolysis) is 1. The Hall–Kier alpha value is -2.77. The van der Waals surface area contributed by atoms with Gasteiger partial charge in [0.25, 0.3) is 0 Å². The van der Waals surface area contributed by atoms with Crippen LogP contribution in [0.1, 0.15) is 38.6 Å². The normalized spacial score (nSPS) is 17.6. The molecule has 1 saturated heterocycles. The number of aromatic nitrogens is 2. The number of methoxy groups -OCH3 is 1. The maximum Gasteiger partial charge on any atom is 0.407 e. The number of carbonyl (C=O) groups excluding carboxylic acids is 2. The fourth-order valence-electron chi connectivity index (χ4n) is 3.57. The number of benzene rings is 1. The summed E-state index contributed by atoms with van der Waals surface area (Å²) in [6, 6.07) is 7.46. The Bertz CT molecular complexity index is 834. The lowest BCUT2D eigenvalue weighted by Gasteiger charge is -2.29. The molecular weight excluding hydrogens is 355 g/mol. The monoisotopic (exact) mass is 382 g/mol. The molecule has 8 heteroatoms. The molecule has 3 rings (SSSR count). The Labute approximate surface area is 166 Å². The molecule has 2 heterocycles. The van der Waals surface area contributed by atoms with Crippen LogP contribution in [0.3, 0.4) is 0 Å². The van der Waals surface area contributed by atoms with Crippen LogP contribution in [0, 0.1) is 5.92 Å². The predicted octanol–water partition coefficient (Wildman–Crippen LogP) is 1.38. The van der Waals surface area contributed by atoms with Gasteiger partial charge in [-0.05, 0) is 18.8 Å². The van der Waals surface area contributed by atoms with Crippen LogP contribution in [-0.2, 0) is 9.53 Å². The number of nitrogens with one attached hydrogen (secondary N) is 2. The van der Waals surface area contributed by atoms with Gasteiger partial charge in [-0.25, -0.2) is 9.78 Å². The second-order valence-corrected chi connectivity index (χ2v) is 7.58. The van der Waals surface area contributed by atoms with Gasteiger partial charge in [-0.1, -0.05) is 43.6 Å². The van der Waals surface area contributed by atoms with Crippen molar-refractivity contribution in [3.05, 3.63) is 36.3 Å². The number of likely N-dealkylation sites (tertiary alicyclic amines) is 1. The fourth-order valence-corrected chi connectivity index (χ4v) is 3.57. The van der Waals surface area contributed by atoms with Gasteiger partial charge in [-0.3, -0.25) is 4.79 Å². The summed E-state index contributed by atoms with van der Waals surface area (Å²) in [5.74, 6) is 0.630. The van der Waals surface area contributed by atoms with Crippen LogP contribution in [0.4, 0.5) is 4.79 Å². The number of hydrogen-bond acceptors (Lipinski definition) is 4. The van der Waals surface area contributed by atoms with E-state index in [-0.39, 0.29) is 17.9 Å². The standard InChI is InChI=1S/C20H27BN4O3/c1-12(2)17(24-20(27)28-3)19(26)25-10-4-5-16(25)18-22-11-15(23-18)13-6-8-14(21)9-7-13/h6-9,11-12,16-17H,4-5,10,21H2,1-3H3,(H,22,23)(H,24,27)/t16-,17-/m0/s1. The quantitative estimate of drug-likeness (QED) is 0.765. The zero-order valence-corrected chi connectivity index (χ0v) is 16.9. The Morgan fingerprint density at radius 1 is 1.32 bits per heavy atom. The Morgan fingerprint density at radius 2 is 2.04 bits per heavy atom. The van der Waals surface area contributed by atoms with Gasteiger partial charge in [0.15, 0.2) is 0 Å². The van der Waals surface area contributed by atoms with Gasteiger partial charge in [0, 0.05) is 18.3 Å². The molecular formula is C20H27BN4O3. The third kappa shape index (κ3) is 4.21. The van der Waals surface area contributed by atoms with E-state index in [9.17, 15) is 9.59 Å². The highest BCUT2D eigenvalue weighted by atomic mass is 16.5. The van der Waals surface area contributed by atoms with Gasteiger partial charge in [0.05, 0.1) is 18.8 Å². The molecule has 0 unspecified atom stereocenters. The van der Waals surface area contributed by atoms with E-state index < -0.39 is 12.1 Å². The van der Waals surface area contributed by atoms with Crippen LogP contribution in [0.15, 0.2) is 30.5 Å². The molecule has 2 atom stereocenters. The van der Waals surface area contributed by atoms with E-state index in [2.05, 4.69) is 35.0 Å². The Kier molecular flexibility index (Phi) is 6.07. The van der Waals surface area contributed by atoms with Crippen molar-refractivity contribution >= 4 is 25.3 Å². The van der Waals surface area contributed by atoms with Crippen LogP contribution in [-0.4, -0.2) is 54.4 Å². The third-order valence-electron chi connectivity index (χ3n) is 5.19. The van der Waals surface area contributed by atoms with Crippen LogP contribution >= 0.6 is 0 Å². The maximum absolute atomic E-state index is 13.2. The highest BCUT2D eigenvalue weighted by Gasteiger charge is 2.37. The molecule has 2 aromatic rings. The van der Waals surface area contributed by atoms with Crippen molar-refractivity contribution in [2.24, 2.45) is 5.92 Å². The van der Waals surface area contributed by atoms with E-state index in [1.54, 1.807) is 0 Å². The molecule has 1 aliphatic rings. The second-order valence-electron chi connectivity index (χ2n) is 7.58. The lowest BCUT2D eigenvalue weighted by Crippen LogP contribution is -2.51. The Balaban J connectivity index is 1.79. The summed E-state index contributed by atoms with van der Waals surface area (Å²) in [6.07, 6.45) is 3.03. The molecule has 148 valence electrons. The van der Waals surface area contributed by atoms with Crippen molar-refractivity contribution in [3.8, 4) is 11.3 Å². The number of rotatable bonds is 5. The summed E-state index contributed by atoms with van der Waals surface area (Å²) in [6.45, 7) is 4.47. The molecule has 1 aliphatic heterocycles. The van der Waals surface area contributed by atoms with E-state index in [1.807, 2.05) is 37.1 Å². The second kappa shape index (κ2) is 8.50. The number of hydrogen-bond donors (Lipinski definition) is 2. The molecule has 2 amide bonds. The van der Waals surface area contributed by atoms with Crippen LogP contribution in [0.2, 0.25) is 0 Å². The highest BCUT2D eigenvalue weighted by molar-refractivity contribution is 6.32. The average molecular weight is 382 g/mol. The van der Waals surface area contributed by atoms with E-state index in [1.165, 1.54) is 12.6 Å². The van der Waals surface area contributed by atoms with Crippen molar-refractivity contribution in [1.29, 1.82) is 0 Å². The molecule has 0 saturated carbocycles. The number of ether oxygens (including phenoxy) is 1. The van der Waals surface area contributed by atoms with Crippen molar-refractivity contribution in [2.45, 2.75) is 38.8 Å². The molecule has 0 bridgehead atoms. The van der Waals surface area contributed by atoms with E-state index >= 15 is 0 Å². The van der Waals surface area contributed by atoms with Crippen molar-refractivity contribution in [2.75, 3.05) is 13.7 Å². The molecule has 7 nitrogen and oxygen atoms in total. The summed E-state index contributed by atoms with van der Waals surface area (Å²) in [4.78, 5) is 34.6. The summed E-state index contributed by atoms with van der Waals surface area (Å²) in [7, 11) is 3.35. The van der Waals surface area contributed by atoms with Gasteiger partial charge in [-0.15, -0.1) is 0 Å². The first-order chi connectivity index (χ1) is 13.4. The summed E-state index contributed by atoms with van der Waals surface area (Å²) < 4.78 is 4.68. The average Bonchev–Trinajstić information content (AvgIpc) is 3.34. The summed E-state index contributed by atoms with van der Waals surface area (Å²) in [5, 5.41) is 2.67. The van der Waals surface area contributed by atoms with Crippen molar-refractivity contribution < 1.29 is 14.3 Å². The molecule has 28 heavy (non-hydrogen) atoms. The SMILES string of the molecule is Bc1ccc(-c2c[nH]c([C@@H]3CCCN3C(=O)[C@@H](NC(=O)OC)C(C)C)n2)cc1. The number of H-pyrrole nitrogens is 1. The third-order valence-corrected chi connectivity index (χ3v) is 5.19. The van der Waals surface area contributed by atoms with Crippen molar-refractivity contribution in [3.63, 3.8) is 0 Å². The number of amides is 2. The molecule has 2 N–H and O–H groups in total. The fraction of sp³-hybridized carbons (Fsp3) is 0.450. The molecule has 1 aromatic heterocycles. The lowest BCUT2D eigenvalue weighted by atomic mass is 9.95. The van der Waals surface area contributed by atoms with Gasteiger partial charge in [0.2, 0.25) is 5.91 Å². The molecule has 0 radical (unpaired) electrons. The summed E-state index contributed by atoms with van der Waals surface area (Å²) in [5.41, 5.74) is 3.10. The topological polar surface area (TPSA) is 87.3 Å². The molecule has 1 aromatic carbocycles. The highest BCUT2D eigenvalue weighted by Crippen LogP contribution is 2.32. The minimum atomic E-state index is -0.625. The molecule has 0 spiro atoms. The van der Waals surface area contributed by atoms with E-state index in [0.29, 0.717) is 6.54 Å². The van der Waals surface area contributed by atoms with Crippen LogP contribution < -0.4 is 10.8 Å². The first-order valence-electron chi connectivity index (χ1n) is 9.68. The van der Waals surface area contributed by atoms with E-state index in [4.69, 9.17) is 4.98 Å². The van der Waals surface area contributed by atoms with Gasteiger partial charge < -0.3 is 19.9 Å². The number of aromatic amines is 1. The summed E-state index contributed by atoms with van der Waals surface area (Å²) >= 11 is 0. The predicted molar refractivity (Wildman–Crippen MR) is 110 cm³/mol. The smallest absolute Gasteiger partial charge is 0.407 e. The lowest BCUT2D eigenvalue weighted by molar-refractivity contribution is -0.135. The van der Waals surface area contributed by atoms with Gasteiger partial charge >= 0.3 is 6.09 Å².